The van der Waals surface area contributed by atoms with Crippen LogP contribution in [0.25, 0.3) is 0 Å². The predicted molar refractivity (Wildman–Crippen MR) is 58.0 cm³/mol. The lowest BCUT2D eigenvalue weighted by Crippen LogP contribution is -2.65. The van der Waals surface area contributed by atoms with Crippen molar-refractivity contribution in [2.45, 2.75) is 18.9 Å². The van der Waals surface area contributed by atoms with E-state index in [2.05, 4.69) is 17.1 Å². The molecule has 0 spiro atoms. The van der Waals surface area contributed by atoms with Gasteiger partial charge in [-0.3, -0.25) is 4.90 Å². The molecular formula is C11H20N2O3. The van der Waals surface area contributed by atoms with Crippen LogP contribution in [0.2, 0.25) is 0 Å². The van der Waals surface area contributed by atoms with Gasteiger partial charge in [0, 0.05) is 32.1 Å². The first-order chi connectivity index (χ1) is 7.80. The van der Waals surface area contributed by atoms with Gasteiger partial charge in [0.05, 0.1) is 25.9 Å². The van der Waals surface area contributed by atoms with E-state index in [1.807, 2.05) is 0 Å². The van der Waals surface area contributed by atoms with Gasteiger partial charge in [-0.15, -0.1) is 0 Å². The highest BCUT2D eigenvalue weighted by Crippen LogP contribution is 2.34. The van der Waals surface area contributed by atoms with Crippen LogP contribution in [-0.4, -0.2) is 62.9 Å². The summed E-state index contributed by atoms with van der Waals surface area (Å²) in [5.74, 6) is -0.372. The summed E-state index contributed by atoms with van der Waals surface area (Å²) in [6.45, 7) is 8.58. The van der Waals surface area contributed by atoms with Crippen molar-refractivity contribution in [3.63, 3.8) is 0 Å². The maximum atomic E-state index is 5.77. The second kappa shape index (κ2) is 4.23. The number of hydrogen-bond donors (Lipinski definition) is 1. The van der Waals surface area contributed by atoms with Crippen LogP contribution in [0.5, 0.6) is 0 Å². The van der Waals surface area contributed by atoms with E-state index in [-0.39, 0.29) is 6.04 Å². The molecule has 4 heterocycles. The van der Waals surface area contributed by atoms with Gasteiger partial charge in [-0.25, -0.2) is 0 Å². The third-order valence-electron chi connectivity index (χ3n) is 3.77. The molecule has 4 saturated heterocycles. The van der Waals surface area contributed by atoms with E-state index in [9.17, 15) is 0 Å². The number of piperazine rings is 1. The third kappa shape index (κ3) is 1.76. The van der Waals surface area contributed by atoms with E-state index in [1.165, 1.54) is 0 Å². The molecule has 1 N–H and O–H groups in total. The smallest absolute Gasteiger partial charge is 0.299 e. The van der Waals surface area contributed by atoms with Gasteiger partial charge >= 0.3 is 0 Å². The molecule has 4 aliphatic heterocycles. The van der Waals surface area contributed by atoms with E-state index in [4.69, 9.17) is 14.2 Å². The zero-order chi connectivity index (χ0) is 11.0. The number of ether oxygens (including phenoxy) is 3. The fourth-order valence-electron chi connectivity index (χ4n) is 2.63. The number of rotatable bonds is 2. The standard InChI is InChI=1S/C11H20N2O3/c1-9(13-4-2-12-3-5-13)11-14-6-10(7-15-11)8-16-11/h9-10,12H,2-8H2,1H3. The Bertz CT molecular complexity index is 234. The largest absolute Gasteiger partial charge is 0.326 e. The van der Waals surface area contributed by atoms with Crippen molar-refractivity contribution in [1.82, 2.24) is 10.2 Å². The topological polar surface area (TPSA) is 43.0 Å². The van der Waals surface area contributed by atoms with Crippen LogP contribution in [0.1, 0.15) is 6.92 Å². The van der Waals surface area contributed by atoms with Crippen LogP contribution in [0.3, 0.4) is 0 Å². The fraction of sp³-hybridized carbons (Fsp3) is 1.00. The molecule has 0 aromatic carbocycles. The van der Waals surface area contributed by atoms with Crippen molar-refractivity contribution in [1.29, 1.82) is 0 Å². The van der Waals surface area contributed by atoms with E-state index in [0.29, 0.717) is 5.92 Å². The van der Waals surface area contributed by atoms with Crippen molar-refractivity contribution in [2.24, 2.45) is 5.92 Å². The molecule has 1 atom stereocenters. The van der Waals surface area contributed by atoms with Crippen molar-refractivity contribution >= 4 is 0 Å². The van der Waals surface area contributed by atoms with Crippen molar-refractivity contribution < 1.29 is 14.2 Å². The summed E-state index contributed by atoms with van der Waals surface area (Å²) in [4.78, 5) is 2.38. The molecule has 0 amide bonds. The molecule has 0 aliphatic carbocycles. The van der Waals surface area contributed by atoms with Crippen LogP contribution in [0.15, 0.2) is 0 Å². The summed E-state index contributed by atoms with van der Waals surface area (Å²) in [7, 11) is 0. The molecule has 16 heavy (non-hydrogen) atoms. The highest BCUT2D eigenvalue weighted by atomic mass is 16.9. The molecule has 0 aromatic heterocycles. The zero-order valence-corrected chi connectivity index (χ0v) is 9.78. The third-order valence-corrected chi connectivity index (χ3v) is 3.77. The van der Waals surface area contributed by atoms with Gasteiger partial charge in [-0.2, -0.15) is 0 Å². The molecule has 92 valence electrons. The minimum absolute atomic E-state index is 0.163. The molecule has 0 aromatic rings. The molecule has 5 heteroatoms. The number of nitrogens with one attached hydrogen (secondary N) is 1. The molecular weight excluding hydrogens is 208 g/mol. The molecule has 5 nitrogen and oxygen atoms in total. The van der Waals surface area contributed by atoms with Crippen LogP contribution >= 0.6 is 0 Å². The van der Waals surface area contributed by atoms with Gasteiger partial charge in [0.2, 0.25) is 0 Å². The van der Waals surface area contributed by atoms with Gasteiger partial charge in [0.1, 0.15) is 0 Å². The lowest BCUT2D eigenvalue weighted by Gasteiger charge is -2.51. The summed E-state index contributed by atoms with van der Waals surface area (Å²) >= 11 is 0. The molecule has 0 saturated carbocycles. The molecule has 4 rings (SSSR count). The Balaban J connectivity index is 1.69. The summed E-state index contributed by atoms with van der Waals surface area (Å²) in [6, 6.07) is 0.163. The van der Waals surface area contributed by atoms with Gasteiger partial charge in [0.25, 0.3) is 5.97 Å². The van der Waals surface area contributed by atoms with E-state index < -0.39 is 5.97 Å². The number of nitrogens with zero attached hydrogens (tertiary/aromatic N) is 1. The lowest BCUT2D eigenvalue weighted by molar-refractivity contribution is -0.463. The SMILES string of the molecule is CC(N1CCNCC1)C12OCC(CO1)CO2. The quantitative estimate of drug-likeness (QED) is 0.698. The van der Waals surface area contributed by atoms with Crippen LogP contribution in [-0.2, 0) is 14.2 Å². The van der Waals surface area contributed by atoms with Gasteiger partial charge in [0.15, 0.2) is 0 Å². The maximum Gasteiger partial charge on any atom is 0.299 e. The molecule has 2 bridgehead atoms. The number of hydrogen-bond acceptors (Lipinski definition) is 5. The minimum atomic E-state index is -0.800. The van der Waals surface area contributed by atoms with Crippen LogP contribution in [0, 0.1) is 5.92 Å². The van der Waals surface area contributed by atoms with Gasteiger partial charge in [-0.1, -0.05) is 0 Å². The zero-order valence-electron chi connectivity index (χ0n) is 9.78. The van der Waals surface area contributed by atoms with Crippen molar-refractivity contribution in [3.05, 3.63) is 0 Å². The van der Waals surface area contributed by atoms with E-state index in [0.717, 1.165) is 46.0 Å². The number of fused-ring (bicyclic) bond motifs is 3. The first-order valence-corrected chi connectivity index (χ1v) is 6.17. The molecule has 0 radical (unpaired) electrons. The Morgan fingerprint density at radius 1 is 1.12 bits per heavy atom. The Hall–Kier alpha value is -0.200. The fourth-order valence-corrected chi connectivity index (χ4v) is 2.63. The summed E-state index contributed by atoms with van der Waals surface area (Å²) < 4.78 is 17.3. The first kappa shape index (κ1) is 10.9. The minimum Gasteiger partial charge on any atom is -0.326 e. The molecule has 4 aliphatic rings. The Morgan fingerprint density at radius 3 is 2.25 bits per heavy atom. The first-order valence-electron chi connectivity index (χ1n) is 6.17. The molecule has 1 unspecified atom stereocenters. The summed E-state index contributed by atoms with van der Waals surface area (Å²) in [5.41, 5.74) is 0. The van der Waals surface area contributed by atoms with Crippen molar-refractivity contribution in [2.75, 3.05) is 46.0 Å². The summed E-state index contributed by atoms with van der Waals surface area (Å²) in [5, 5.41) is 3.35. The highest BCUT2D eigenvalue weighted by molar-refractivity contribution is 4.86. The summed E-state index contributed by atoms with van der Waals surface area (Å²) in [6.07, 6.45) is 0. The average Bonchev–Trinajstić information content (AvgIpc) is 2.41. The van der Waals surface area contributed by atoms with E-state index in [1.54, 1.807) is 0 Å². The van der Waals surface area contributed by atoms with Crippen molar-refractivity contribution in [3.8, 4) is 0 Å². The predicted octanol–water partition coefficient (Wildman–Crippen LogP) is -0.373. The normalized spacial score (nSPS) is 42.2. The van der Waals surface area contributed by atoms with Crippen LogP contribution < -0.4 is 5.32 Å². The second-order valence-corrected chi connectivity index (χ2v) is 4.86. The molecule has 4 fully saturated rings. The Morgan fingerprint density at radius 2 is 1.69 bits per heavy atom. The maximum absolute atomic E-state index is 5.77. The monoisotopic (exact) mass is 228 g/mol. The lowest BCUT2D eigenvalue weighted by atomic mass is 10.1. The van der Waals surface area contributed by atoms with E-state index >= 15 is 0 Å². The Labute approximate surface area is 96.0 Å². The second-order valence-electron chi connectivity index (χ2n) is 4.86. The average molecular weight is 228 g/mol. The van der Waals surface area contributed by atoms with Gasteiger partial charge < -0.3 is 19.5 Å². The van der Waals surface area contributed by atoms with Crippen LogP contribution in [0.4, 0.5) is 0 Å². The highest BCUT2D eigenvalue weighted by Gasteiger charge is 2.50. The Kier molecular flexibility index (Phi) is 2.89. The van der Waals surface area contributed by atoms with Gasteiger partial charge in [-0.05, 0) is 6.92 Å².